The van der Waals surface area contributed by atoms with E-state index in [0.717, 1.165) is 6.42 Å². The smallest absolute Gasteiger partial charge is 0.181 e. The van der Waals surface area contributed by atoms with Crippen molar-refractivity contribution in [2.45, 2.75) is 24.9 Å². The minimum absolute atomic E-state index is 0.0541. The third-order valence-corrected chi connectivity index (χ3v) is 3.42. The van der Waals surface area contributed by atoms with Crippen LogP contribution in [0.25, 0.3) is 0 Å². The third kappa shape index (κ3) is 6.39. The molecule has 3 atom stereocenters. The van der Waals surface area contributed by atoms with Gasteiger partial charge in [0, 0.05) is 26.1 Å². The first-order valence-electron chi connectivity index (χ1n) is 7.75. The van der Waals surface area contributed by atoms with Gasteiger partial charge in [0.05, 0.1) is 32.0 Å². The van der Waals surface area contributed by atoms with Crippen molar-refractivity contribution in [3.8, 4) is 0 Å². The number of nitrogens with two attached hydrogens (primary N) is 1. The number of aliphatic hydroxyl groups is 1. The second-order valence-corrected chi connectivity index (χ2v) is 5.39. The first-order chi connectivity index (χ1) is 10.8. The summed E-state index contributed by atoms with van der Waals surface area (Å²) in [6.45, 7) is 2.80. The fraction of sp³-hybridized carbons (Fsp3) is 0.625. The van der Waals surface area contributed by atoms with Crippen LogP contribution in [0.5, 0.6) is 0 Å². The molecule has 2 rings (SSSR count). The van der Waals surface area contributed by atoms with Gasteiger partial charge in [-0.25, -0.2) is 0 Å². The summed E-state index contributed by atoms with van der Waals surface area (Å²) in [4.78, 5) is 0. The zero-order chi connectivity index (χ0) is 15.6. The van der Waals surface area contributed by atoms with Crippen LogP contribution in [0.3, 0.4) is 0 Å². The molecular formula is C16H26N2O4. The minimum Gasteiger partial charge on any atom is -0.389 e. The van der Waals surface area contributed by atoms with Gasteiger partial charge in [-0.1, -0.05) is 30.3 Å². The number of aliphatic hydroxyl groups excluding tert-OH is 1. The summed E-state index contributed by atoms with van der Waals surface area (Å²) in [5, 5.41) is 12.8. The van der Waals surface area contributed by atoms with E-state index in [0.29, 0.717) is 32.8 Å². The summed E-state index contributed by atoms with van der Waals surface area (Å²) in [6.07, 6.45) is -0.0918. The zero-order valence-corrected chi connectivity index (χ0v) is 12.8. The molecule has 6 heteroatoms. The third-order valence-electron chi connectivity index (χ3n) is 3.42. The van der Waals surface area contributed by atoms with E-state index >= 15 is 0 Å². The van der Waals surface area contributed by atoms with Crippen molar-refractivity contribution in [3.63, 3.8) is 0 Å². The predicted molar refractivity (Wildman–Crippen MR) is 83.5 cm³/mol. The second kappa shape index (κ2) is 9.89. The van der Waals surface area contributed by atoms with Gasteiger partial charge in [0.25, 0.3) is 0 Å². The van der Waals surface area contributed by atoms with E-state index in [2.05, 4.69) is 17.4 Å². The van der Waals surface area contributed by atoms with E-state index in [1.54, 1.807) is 0 Å². The fourth-order valence-corrected chi connectivity index (χ4v) is 2.26. The Bertz CT molecular complexity index is 396. The molecule has 22 heavy (non-hydrogen) atoms. The van der Waals surface area contributed by atoms with Gasteiger partial charge in [-0.3, -0.25) is 0 Å². The fourth-order valence-electron chi connectivity index (χ4n) is 2.26. The first kappa shape index (κ1) is 17.3. The number of nitrogens with one attached hydrogen (secondary N) is 1. The summed E-state index contributed by atoms with van der Waals surface area (Å²) >= 11 is 0. The molecule has 3 unspecified atom stereocenters. The molecule has 1 aromatic rings. The lowest BCUT2D eigenvalue weighted by Crippen LogP contribution is -2.40. The number of hydrogen-bond donors (Lipinski definition) is 3. The Morgan fingerprint density at radius 3 is 2.77 bits per heavy atom. The number of ether oxygens (including phenoxy) is 3. The number of hydrogen-bond acceptors (Lipinski definition) is 6. The van der Waals surface area contributed by atoms with E-state index in [1.807, 2.05) is 18.2 Å². The molecule has 0 aromatic heterocycles. The largest absolute Gasteiger partial charge is 0.389 e. The normalized spacial score (nSPS) is 23.4. The van der Waals surface area contributed by atoms with Crippen LogP contribution in [-0.2, 0) is 20.6 Å². The zero-order valence-electron chi connectivity index (χ0n) is 12.8. The van der Waals surface area contributed by atoms with Gasteiger partial charge in [0.15, 0.2) is 6.29 Å². The van der Waals surface area contributed by atoms with Gasteiger partial charge >= 0.3 is 0 Å². The molecule has 124 valence electrons. The van der Waals surface area contributed by atoms with Crippen LogP contribution in [0, 0.1) is 0 Å². The van der Waals surface area contributed by atoms with Gasteiger partial charge in [-0.2, -0.15) is 0 Å². The van der Waals surface area contributed by atoms with Crippen LogP contribution < -0.4 is 11.1 Å². The summed E-state index contributed by atoms with van der Waals surface area (Å²) < 4.78 is 16.9. The highest BCUT2D eigenvalue weighted by molar-refractivity contribution is 5.15. The van der Waals surface area contributed by atoms with E-state index in [9.17, 15) is 5.11 Å². The molecule has 0 radical (unpaired) electrons. The van der Waals surface area contributed by atoms with Crippen molar-refractivity contribution < 1.29 is 19.3 Å². The molecule has 1 fully saturated rings. The Hall–Kier alpha value is -1.02. The maximum atomic E-state index is 9.73. The minimum atomic E-state index is -0.572. The molecule has 0 amide bonds. The van der Waals surface area contributed by atoms with Crippen LogP contribution in [-0.4, -0.2) is 63.1 Å². The summed E-state index contributed by atoms with van der Waals surface area (Å²) in [6, 6.07) is 10.2. The van der Waals surface area contributed by atoms with Crippen molar-refractivity contribution in [1.82, 2.24) is 5.32 Å². The predicted octanol–water partition coefficient (Wildman–Crippen LogP) is -0.104. The van der Waals surface area contributed by atoms with Crippen molar-refractivity contribution in [2.24, 2.45) is 5.73 Å². The van der Waals surface area contributed by atoms with Crippen LogP contribution in [0.2, 0.25) is 0 Å². The van der Waals surface area contributed by atoms with Crippen molar-refractivity contribution in [2.75, 3.05) is 39.5 Å². The van der Waals surface area contributed by atoms with Gasteiger partial charge < -0.3 is 30.4 Å². The van der Waals surface area contributed by atoms with Gasteiger partial charge in [0.2, 0.25) is 0 Å². The lowest BCUT2D eigenvalue weighted by Gasteiger charge is -2.30. The van der Waals surface area contributed by atoms with E-state index < -0.39 is 12.4 Å². The number of benzene rings is 1. The Balaban J connectivity index is 1.59. The molecule has 6 nitrogen and oxygen atoms in total. The van der Waals surface area contributed by atoms with Crippen LogP contribution in [0.15, 0.2) is 30.3 Å². The molecule has 0 saturated carbocycles. The highest BCUT2D eigenvalue weighted by Crippen LogP contribution is 2.13. The van der Waals surface area contributed by atoms with Crippen LogP contribution in [0.4, 0.5) is 0 Å². The monoisotopic (exact) mass is 310 g/mol. The highest BCUT2D eigenvalue weighted by Gasteiger charge is 2.23. The van der Waals surface area contributed by atoms with Crippen LogP contribution >= 0.6 is 0 Å². The van der Waals surface area contributed by atoms with Gasteiger partial charge in [-0.15, -0.1) is 0 Å². The average molecular weight is 310 g/mol. The maximum absolute atomic E-state index is 9.73. The topological polar surface area (TPSA) is 86.0 Å². The molecule has 1 aromatic carbocycles. The lowest BCUT2D eigenvalue weighted by atomic mass is 10.1. The SMILES string of the molecule is NCCNCC(O)COC1COC(Cc2ccccc2)CO1. The Labute approximate surface area is 131 Å². The van der Waals surface area contributed by atoms with Gasteiger partial charge in [0.1, 0.15) is 0 Å². The molecule has 1 heterocycles. The standard InChI is InChI=1S/C16H26N2O4/c17-6-7-18-9-14(19)10-21-16-12-20-15(11-22-16)8-13-4-2-1-3-5-13/h1-5,14-16,18-19H,6-12,17H2. The van der Waals surface area contributed by atoms with Gasteiger partial charge in [-0.05, 0) is 5.56 Å². The second-order valence-electron chi connectivity index (χ2n) is 5.39. The quantitative estimate of drug-likeness (QED) is 0.552. The lowest BCUT2D eigenvalue weighted by molar-refractivity contribution is -0.239. The average Bonchev–Trinajstić information content (AvgIpc) is 2.55. The molecule has 1 aliphatic heterocycles. The summed E-state index contributed by atoms with van der Waals surface area (Å²) in [7, 11) is 0. The van der Waals surface area contributed by atoms with E-state index in [4.69, 9.17) is 19.9 Å². The van der Waals surface area contributed by atoms with E-state index in [1.165, 1.54) is 5.56 Å². The molecule has 4 N–H and O–H groups in total. The molecule has 0 bridgehead atoms. The molecule has 0 spiro atoms. The highest BCUT2D eigenvalue weighted by atomic mass is 16.7. The van der Waals surface area contributed by atoms with Crippen LogP contribution in [0.1, 0.15) is 5.56 Å². The Kier molecular flexibility index (Phi) is 7.79. The molecular weight excluding hydrogens is 284 g/mol. The van der Waals surface area contributed by atoms with Crippen molar-refractivity contribution >= 4 is 0 Å². The molecule has 1 aliphatic rings. The van der Waals surface area contributed by atoms with E-state index in [-0.39, 0.29) is 12.7 Å². The number of rotatable bonds is 9. The Morgan fingerprint density at radius 1 is 1.27 bits per heavy atom. The maximum Gasteiger partial charge on any atom is 0.181 e. The van der Waals surface area contributed by atoms with Crippen molar-refractivity contribution in [3.05, 3.63) is 35.9 Å². The summed E-state index contributed by atoms with van der Waals surface area (Å²) in [5.41, 5.74) is 6.60. The Morgan fingerprint density at radius 2 is 2.09 bits per heavy atom. The summed E-state index contributed by atoms with van der Waals surface area (Å²) in [5.74, 6) is 0. The van der Waals surface area contributed by atoms with Crippen molar-refractivity contribution in [1.29, 1.82) is 0 Å². The first-order valence-corrected chi connectivity index (χ1v) is 7.75. The molecule has 0 aliphatic carbocycles. The molecule has 1 saturated heterocycles.